The molecule has 0 amide bonds. The van der Waals surface area contributed by atoms with Crippen molar-refractivity contribution in [3.05, 3.63) is 90.0 Å². The van der Waals surface area contributed by atoms with Gasteiger partial charge in [0, 0.05) is 34.5 Å². The molecule has 7 heteroatoms. The molecule has 1 saturated carbocycles. The van der Waals surface area contributed by atoms with Gasteiger partial charge < -0.3 is 10.3 Å². The average molecular weight is 489 g/mol. The van der Waals surface area contributed by atoms with E-state index in [0.29, 0.717) is 13.0 Å². The number of aromatic nitrogens is 1. The second kappa shape index (κ2) is 9.90. The highest BCUT2D eigenvalue weighted by molar-refractivity contribution is 7.77. The van der Waals surface area contributed by atoms with Gasteiger partial charge in [-0.2, -0.15) is 0 Å². The van der Waals surface area contributed by atoms with E-state index in [9.17, 15) is 8.76 Å². The van der Waals surface area contributed by atoms with Crippen LogP contribution in [0.2, 0.25) is 0 Å². The highest BCUT2D eigenvalue weighted by Gasteiger charge is 2.34. The van der Waals surface area contributed by atoms with Crippen LogP contribution in [0, 0.1) is 0 Å². The zero-order valence-corrected chi connectivity index (χ0v) is 20.3. The Labute approximate surface area is 206 Å². The van der Waals surface area contributed by atoms with E-state index in [1.165, 1.54) is 12.0 Å². The average Bonchev–Trinajstić information content (AvgIpc) is 3.29. The van der Waals surface area contributed by atoms with Crippen molar-refractivity contribution in [2.75, 3.05) is 6.54 Å². The number of rotatable bonds is 8. The molecular weight excluding hydrogens is 462 g/mol. The van der Waals surface area contributed by atoms with Crippen LogP contribution < -0.4 is 10.5 Å². The minimum absolute atomic E-state index is 0.173. The smallest absolute Gasteiger partial charge is 0.124 e. The van der Waals surface area contributed by atoms with E-state index in [0.717, 1.165) is 50.7 Å². The van der Waals surface area contributed by atoms with Crippen LogP contribution in [0.5, 0.6) is 0 Å². The number of thiazole rings is 1. The van der Waals surface area contributed by atoms with Crippen LogP contribution in [-0.2, 0) is 23.2 Å². The maximum absolute atomic E-state index is 10.7. The largest absolute Gasteiger partial charge is 0.760 e. The fourth-order valence-corrected chi connectivity index (χ4v) is 5.69. The van der Waals surface area contributed by atoms with Crippen LogP contribution in [-0.4, -0.2) is 20.3 Å². The molecule has 0 aliphatic heterocycles. The van der Waals surface area contributed by atoms with Crippen molar-refractivity contribution >= 4 is 22.6 Å². The standard InChI is InChI=1S/C27H27N3O2S2/c28-27(16-4-17-27)23-13-11-20(12-14-23)24-25(21-5-2-1-3-6-21)33-26(30-24)22-9-7-19(8-10-22)15-18-29-34(31)32/h1-3,5-14,29H,4,15-18,28H2,(H,31,32)/p-1. The van der Waals surface area contributed by atoms with Gasteiger partial charge in [0.25, 0.3) is 0 Å². The number of hydrogen-bond acceptors (Lipinski definition) is 5. The van der Waals surface area contributed by atoms with Gasteiger partial charge in [-0.3, -0.25) is 4.21 Å². The molecule has 1 fully saturated rings. The highest BCUT2D eigenvalue weighted by atomic mass is 32.2. The zero-order chi connectivity index (χ0) is 23.5. The van der Waals surface area contributed by atoms with Gasteiger partial charge in [0.05, 0.1) is 10.6 Å². The SMILES string of the molecule is NC1(c2ccc(-c3nc(-c4ccc(CCNS(=O)[O-])cc4)sc3-c3ccccc3)cc2)CCC1. The van der Waals surface area contributed by atoms with Crippen molar-refractivity contribution in [1.82, 2.24) is 9.71 Å². The Bertz CT molecular complexity index is 1280. The molecule has 3 N–H and O–H groups in total. The highest BCUT2D eigenvalue weighted by Crippen LogP contribution is 2.42. The Morgan fingerprint density at radius 1 is 0.941 bits per heavy atom. The van der Waals surface area contributed by atoms with Gasteiger partial charge in [0.15, 0.2) is 0 Å². The summed E-state index contributed by atoms with van der Waals surface area (Å²) in [4.78, 5) is 6.20. The lowest BCUT2D eigenvalue weighted by molar-refractivity contribution is 0.253. The van der Waals surface area contributed by atoms with Crippen molar-refractivity contribution in [2.45, 2.75) is 31.2 Å². The van der Waals surface area contributed by atoms with E-state index in [1.54, 1.807) is 11.3 Å². The molecule has 174 valence electrons. The molecule has 0 bridgehead atoms. The summed E-state index contributed by atoms with van der Waals surface area (Å²) in [5.41, 5.74) is 12.9. The summed E-state index contributed by atoms with van der Waals surface area (Å²) < 4.78 is 23.7. The van der Waals surface area contributed by atoms with Crippen molar-refractivity contribution in [1.29, 1.82) is 0 Å². The van der Waals surface area contributed by atoms with Gasteiger partial charge in [-0.1, -0.05) is 78.9 Å². The Morgan fingerprint density at radius 3 is 2.24 bits per heavy atom. The Morgan fingerprint density at radius 2 is 1.62 bits per heavy atom. The van der Waals surface area contributed by atoms with E-state index in [2.05, 4.69) is 53.3 Å². The normalized spacial score (nSPS) is 15.6. The fourth-order valence-electron chi connectivity index (χ4n) is 4.32. The van der Waals surface area contributed by atoms with Crippen LogP contribution in [0.15, 0.2) is 78.9 Å². The first kappa shape index (κ1) is 23.1. The van der Waals surface area contributed by atoms with E-state index >= 15 is 0 Å². The summed E-state index contributed by atoms with van der Waals surface area (Å²) in [6, 6.07) is 27.1. The Balaban J connectivity index is 1.46. The van der Waals surface area contributed by atoms with Crippen molar-refractivity contribution in [3.63, 3.8) is 0 Å². The molecule has 0 radical (unpaired) electrons. The molecule has 3 aromatic carbocycles. The second-order valence-corrected chi connectivity index (χ2v) is 10.5. The summed E-state index contributed by atoms with van der Waals surface area (Å²) in [5.74, 6) is 0. The zero-order valence-electron chi connectivity index (χ0n) is 18.7. The number of nitrogens with zero attached hydrogens (tertiary/aromatic N) is 1. The molecule has 1 unspecified atom stereocenters. The molecular formula is C27H26N3O2S2-. The number of nitrogens with two attached hydrogens (primary N) is 1. The van der Waals surface area contributed by atoms with Gasteiger partial charge in [0.2, 0.25) is 0 Å². The molecule has 1 atom stereocenters. The number of benzene rings is 3. The van der Waals surface area contributed by atoms with E-state index in [-0.39, 0.29) is 5.54 Å². The summed E-state index contributed by atoms with van der Waals surface area (Å²) in [6.45, 7) is 0.384. The topological polar surface area (TPSA) is 91.1 Å². The number of nitrogens with one attached hydrogen (secondary N) is 1. The first-order chi connectivity index (χ1) is 16.5. The molecule has 1 aliphatic carbocycles. The molecule has 5 rings (SSSR count). The second-order valence-electron chi connectivity index (χ2n) is 8.73. The third-order valence-electron chi connectivity index (χ3n) is 6.48. The fraction of sp³-hybridized carbons (Fsp3) is 0.222. The third-order valence-corrected chi connectivity index (χ3v) is 8.07. The van der Waals surface area contributed by atoms with Gasteiger partial charge in [-0.15, -0.1) is 11.3 Å². The quantitative estimate of drug-likeness (QED) is 0.325. The van der Waals surface area contributed by atoms with Gasteiger partial charge >= 0.3 is 0 Å². The lowest BCUT2D eigenvalue weighted by atomic mass is 9.72. The Hall–Kier alpha value is -2.68. The summed E-state index contributed by atoms with van der Waals surface area (Å²) in [6.07, 6.45) is 3.92. The van der Waals surface area contributed by atoms with E-state index < -0.39 is 11.3 Å². The minimum atomic E-state index is -2.23. The number of hydrogen-bond donors (Lipinski definition) is 2. The summed E-state index contributed by atoms with van der Waals surface area (Å²) in [5, 5.41) is 0.956. The molecule has 4 aromatic rings. The molecule has 1 heterocycles. The first-order valence-corrected chi connectivity index (χ1v) is 13.3. The van der Waals surface area contributed by atoms with Gasteiger partial charge in [0.1, 0.15) is 5.01 Å². The summed E-state index contributed by atoms with van der Waals surface area (Å²) >= 11 is -0.545. The minimum Gasteiger partial charge on any atom is -0.760 e. The summed E-state index contributed by atoms with van der Waals surface area (Å²) in [7, 11) is 0. The molecule has 1 aromatic heterocycles. The van der Waals surface area contributed by atoms with Crippen LogP contribution in [0.3, 0.4) is 0 Å². The predicted molar refractivity (Wildman–Crippen MR) is 139 cm³/mol. The maximum Gasteiger partial charge on any atom is 0.124 e. The van der Waals surface area contributed by atoms with Gasteiger partial charge in [-0.05, 0) is 42.4 Å². The van der Waals surface area contributed by atoms with Crippen LogP contribution >= 0.6 is 11.3 Å². The molecule has 5 nitrogen and oxygen atoms in total. The first-order valence-electron chi connectivity index (χ1n) is 11.4. The van der Waals surface area contributed by atoms with Crippen LogP contribution in [0.1, 0.15) is 30.4 Å². The molecule has 34 heavy (non-hydrogen) atoms. The maximum atomic E-state index is 10.7. The van der Waals surface area contributed by atoms with E-state index in [4.69, 9.17) is 10.7 Å². The molecule has 0 spiro atoms. The third kappa shape index (κ3) is 4.89. The van der Waals surface area contributed by atoms with Crippen molar-refractivity contribution < 1.29 is 8.76 Å². The van der Waals surface area contributed by atoms with Crippen molar-refractivity contribution in [3.8, 4) is 32.3 Å². The monoisotopic (exact) mass is 488 g/mol. The van der Waals surface area contributed by atoms with Crippen molar-refractivity contribution in [2.24, 2.45) is 5.73 Å². The lowest BCUT2D eigenvalue weighted by Crippen LogP contribution is -2.43. The lowest BCUT2D eigenvalue weighted by Gasteiger charge is -2.38. The van der Waals surface area contributed by atoms with Gasteiger partial charge in [-0.25, -0.2) is 9.71 Å². The molecule has 1 aliphatic rings. The predicted octanol–water partition coefficient (Wildman–Crippen LogP) is 5.41. The van der Waals surface area contributed by atoms with E-state index in [1.807, 2.05) is 30.3 Å². The molecule has 0 saturated heterocycles. The van der Waals surface area contributed by atoms with Crippen LogP contribution in [0.4, 0.5) is 0 Å². The van der Waals surface area contributed by atoms with Crippen LogP contribution in [0.25, 0.3) is 32.3 Å². The Kier molecular flexibility index (Phi) is 6.72.